The first-order valence-corrected chi connectivity index (χ1v) is 13.4. The van der Waals surface area contributed by atoms with E-state index in [1.807, 2.05) is 0 Å². The van der Waals surface area contributed by atoms with Gasteiger partial charge in [0.2, 0.25) is 17.7 Å². The average Bonchev–Trinajstić information content (AvgIpc) is 3.31. The van der Waals surface area contributed by atoms with Gasteiger partial charge in [-0.3, -0.25) is 24.2 Å². The van der Waals surface area contributed by atoms with Gasteiger partial charge in [-0.05, 0) is 57.7 Å². The van der Waals surface area contributed by atoms with Crippen molar-refractivity contribution in [3.8, 4) is 0 Å². The van der Waals surface area contributed by atoms with E-state index in [4.69, 9.17) is 0 Å². The third-order valence-corrected chi connectivity index (χ3v) is 7.92. The Hall–Kier alpha value is -3.13. The lowest BCUT2D eigenvalue weighted by molar-refractivity contribution is -0.217. The second-order valence-electron chi connectivity index (χ2n) is 11.4. The van der Waals surface area contributed by atoms with Gasteiger partial charge in [0, 0.05) is 39.3 Å². The molecule has 4 atom stereocenters. The first-order valence-electron chi connectivity index (χ1n) is 13.4. The molecule has 10 nitrogen and oxygen atoms in total. The third kappa shape index (κ3) is 8.24. The lowest BCUT2D eigenvalue weighted by atomic mass is 9.91. The summed E-state index contributed by atoms with van der Waals surface area (Å²) < 4.78 is 54.3. The molecule has 0 aliphatic carbocycles. The quantitative estimate of drug-likeness (QED) is 0.383. The first kappa shape index (κ1) is 35.1. The van der Waals surface area contributed by atoms with E-state index in [0.717, 1.165) is 18.7 Å². The van der Waals surface area contributed by atoms with Gasteiger partial charge >= 0.3 is 12.3 Å². The lowest BCUT2D eigenvalue weighted by Gasteiger charge is -2.41. The van der Waals surface area contributed by atoms with Crippen LogP contribution in [-0.4, -0.2) is 101 Å². The summed E-state index contributed by atoms with van der Waals surface area (Å²) >= 11 is 0. The van der Waals surface area contributed by atoms with Crippen LogP contribution in [0.3, 0.4) is 0 Å². The Morgan fingerprint density at radius 3 is 2.31 bits per heavy atom. The van der Waals surface area contributed by atoms with Crippen LogP contribution in [0.1, 0.15) is 45.6 Å². The van der Waals surface area contributed by atoms with Crippen LogP contribution in [0.25, 0.3) is 0 Å². The van der Waals surface area contributed by atoms with Gasteiger partial charge in [0.15, 0.2) is 0 Å². The van der Waals surface area contributed by atoms with Gasteiger partial charge in [-0.2, -0.15) is 13.2 Å². The molecule has 0 spiro atoms. The molecular formula is C27H38ClF4N5O5. The number of fused-ring (bicyclic) bond motifs is 1. The molecule has 2 fully saturated rings. The molecule has 3 N–H and O–H groups in total. The fourth-order valence-corrected chi connectivity index (χ4v) is 5.14. The number of nitrogens with one attached hydrogen (secondary N) is 2. The summed E-state index contributed by atoms with van der Waals surface area (Å²) in [7, 11) is 1.18. The minimum Gasteiger partial charge on any atom is -0.465 e. The van der Waals surface area contributed by atoms with Crippen molar-refractivity contribution in [3.05, 3.63) is 35.6 Å². The average molecular weight is 624 g/mol. The zero-order valence-electron chi connectivity index (χ0n) is 23.9. The molecule has 42 heavy (non-hydrogen) atoms. The number of halogens is 5. The molecule has 1 aromatic rings. The van der Waals surface area contributed by atoms with Gasteiger partial charge < -0.3 is 20.6 Å². The maximum Gasteiger partial charge on any atom is 0.407 e. The zero-order chi connectivity index (χ0) is 30.7. The number of rotatable bonds is 8. The number of carbonyl (C=O) groups excluding carboxylic acids is 3. The molecule has 1 aromatic carbocycles. The minimum absolute atomic E-state index is 0. The fourth-order valence-electron chi connectivity index (χ4n) is 5.14. The van der Waals surface area contributed by atoms with E-state index >= 15 is 0 Å². The molecule has 2 heterocycles. The normalized spacial score (nSPS) is 22.2. The Bertz CT molecular complexity index is 1140. The second-order valence-corrected chi connectivity index (χ2v) is 11.4. The Kier molecular flexibility index (Phi) is 11.6. The van der Waals surface area contributed by atoms with Gasteiger partial charge in [-0.25, -0.2) is 9.18 Å². The summed E-state index contributed by atoms with van der Waals surface area (Å²) in [6.07, 6.45) is -4.79. The van der Waals surface area contributed by atoms with Crippen LogP contribution in [0.4, 0.5) is 22.4 Å². The molecule has 2 aliphatic heterocycles. The summed E-state index contributed by atoms with van der Waals surface area (Å²) in [4.78, 5) is 55.0. The molecule has 2 saturated heterocycles. The third-order valence-electron chi connectivity index (χ3n) is 7.92. The second kappa shape index (κ2) is 13.9. The predicted molar refractivity (Wildman–Crippen MR) is 147 cm³/mol. The highest BCUT2D eigenvalue weighted by Crippen LogP contribution is 2.39. The topological polar surface area (TPSA) is 122 Å². The van der Waals surface area contributed by atoms with Crippen LogP contribution in [0, 0.1) is 11.2 Å². The highest BCUT2D eigenvalue weighted by Gasteiger charge is 2.50. The standard InChI is InChI=1S/C27H37F4N5O5.ClH/c1-16(34(4)25(40)41)22(37)33-20-14-35(15-26(2,3)27(29,30)31)12-11-19-9-10-21(36(19)24(20)39)23(38)32-13-17-5-7-18(28)8-6-17;/h5-8,16,19-21H,9-15H2,1-4H3,(H,32,38)(H,33,37)(H,40,41);1H/t16-,19+,20-,21-;/m0./s1. The molecule has 0 aromatic heterocycles. The molecule has 0 bridgehead atoms. The van der Waals surface area contributed by atoms with E-state index < -0.39 is 71.9 Å². The van der Waals surface area contributed by atoms with Crippen LogP contribution >= 0.6 is 12.4 Å². The van der Waals surface area contributed by atoms with Crippen molar-refractivity contribution < 1.29 is 41.8 Å². The number of amides is 4. The monoisotopic (exact) mass is 623 g/mol. The van der Waals surface area contributed by atoms with Gasteiger partial charge in [0.05, 0.1) is 5.41 Å². The van der Waals surface area contributed by atoms with E-state index in [1.54, 1.807) is 0 Å². The Morgan fingerprint density at radius 1 is 1.12 bits per heavy atom. The van der Waals surface area contributed by atoms with Gasteiger partial charge in [-0.15, -0.1) is 12.4 Å². The van der Waals surface area contributed by atoms with Crippen LogP contribution in [-0.2, 0) is 20.9 Å². The van der Waals surface area contributed by atoms with E-state index in [2.05, 4.69) is 10.6 Å². The number of carbonyl (C=O) groups is 4. The lowest BCUT2D eigenvalue weighted by Crippen LogP contribution is -2.62. The Morgan fingerprint density at radius 2 is 1.74 bits per heavy atom. The molecule has 0 unspecified atom stereocenters. The Labute approximate surface area is 248 Å². The largest absolute Gasteiger partial charge is 0.465 e. The van der Waals surface area contributed by atoms with Crippen molar-refractivity contribution in [2.45, 2.75) is 76.9 Å². The number of likely N-dealkylation sites (N-methyl/N-ethyl adjacent to an activating group) is 1. The maximum atomic E-state index is 13.9. The van der Waals surface area contributed by atoms with Crippen molar-refractivity contribution in [2.24, 2.45) is 5.41 Å². The summed E-state index contributed by atoms with van der Waals surface area (Å²) in [5.41, 5.74) is -1.45. The van der Waals surface area contributed by atoms with Crippen LogP contribution < -0.4 is 10.6 Å². The number of benzene rings is 1. The van der Waals surface area contributed by atoms with E-state index in [0.29, 0.717) is 24.8 Å². The molecule has 0 saturated carbocycles. The molecule has 15 heteroatoms. The number of hydrogen-bond donors (Lipinski definition) is 3. The van der Waals surface area contributed by atoms with Crippen LogP contribution in [0.5, 0.6) is 0 Å². The van der Waals surface area contributed by atoms with E-state index in [-0.39, 0.29) is 32.0 Å². The molecule has 3 rings (SSSR count). The molecule has 2 aliphatic rings. The van der Waals surface area contributed by atoms with Crippen molar-refractivity contribution in [3.63, 3.8) is 0 Å². The maximum absolute atomic E-state index is 13.9. The highest BCUT2D eigenvalue weighted by molar-refractivity contribution is 5.94. The highest BCUT2D eigenvalue weighted by atomic mass is 35.5. The summed E-state index contributed by atoms with van der Waals surface area (Å²) in [6, 6.07) is 1.75. The zero-order valence-corrected chi connectivity index (χ0v) is 24.7. The smallest absolute Gasteiger partial charge is 0.407 e. The van der Waals surface area contributed by atoms with Crippen LogP contribution in [0.2, 0.25) is 0 Å². The van der Waals surface area contributed by atoms with Crippen molar-refractivity contribution >= 4 is 36.2 Å². The molecule has 4 amide bonds. The molecular weight excluding hydrogens is 586 g/mol. The van der Waals surface area contributed by atoms with E-state index in [9.17, 15) is 41.8 Å². The SMILES string of the molecule is C[C@@H](C(=O)N[C@H]1CN(CC(C)(C)C(F)(F)F)CC[C@H]2CC[C@@H](C(=O)NCc3ccc(F)cc3)N2C1=O)N(C)C(=O)O.Cl. The number of hydrogen-bond acceptors (Lipinski definition) is 5. The number of nitrogens with zero attached hydrogens (tertiary/aromatic N) is 3. The first-order chi connectivity index (χ1) is 19.0. The summed E-state index contributed by atoms with van der Waals surface area (Å²) in [5, 5.41) is 14.5. The van der Waals surface area contributed by atoms with Crippen molar-refractivity contribution in [1.29, 1.82) is 0 Å². The molecule has 236 valence electrons. The van der Waals surface area contributed by atoms with Gasteiger partial charge in [-0.1, -0.05) is 12.1 Å². The predicted octanol–water partition coefficient (Wildman–Crippen LogP) is 3.00. The minimum atomic E-state index is -4.51. The van der Waals surface area contributed by atoms with Crippen molar-refractivity contribution in [1.82, 2.24) is 25.3 Å². The summed E-state index contributed by atoms with van der Waals surface area (Å²) in [5.74, 6) is -2.28. The van der Waals surface area contributed by atoms with E-state index in [1.165, 1.54) is 48.0 Å². The van der Waals surface area contributed by atoms with Crippen LogP contribution in [0.15, 0.2) is 24.3 Å². The Balaban J connectivity index is 0.00000616. The van der Waals surface area contributed by atoms with Crippen molar-refractivity contribution in [2.75, 3.05) is 26.7 Å². The van der Waals surface area contributed by atoms with Gasteiger partial charge in [0.25, 0.3) is 0 Å². The number of alkyl halides is 3. The van der Waals surface area contributed by atoms with Gasteiger partial charge in [0.1, 0.15) is 23.9 Å². The fraction of sp³-hybridized carbons (Fsp3) is 0.630. The molecule has 0 radical (unpaired) electrons. The summed E-state index contributed by atoms with van der Waals surface area (Å²) in [6.45, 7) is 3.07. The number of carboxylic acid groups (broad SMARTS) is 1.